The minimum atomic E-state index is -0.779. The number of ether oxygens (including phenoxy) is 1. The maximum atomic E-state index is 12.6. The van der Waals surface area contributed by atoms with Crippen LogP contribution in [-0.2, 0) is 16.0 Å². The van der Waals surface area contributed by atoms with E-state index < -0.39 is 18.1 Å². The van der Waals surface area contributed by atoms with Crippen LogP contribution in [0.4, 0.5) is 4.79 Å². The smallest absolute Gasteiger partial charge is 0.416 e. The van der Waals surface area contributed by atoms with Crippen molar-refractivity contribution >= 4 is 12.0 Å². The first-order valence-electron chi connectivity index (χ1n) is 7.63. The van der Waals surface area contributed by atoms with E-state index in [9.17, 15) is 14.7 Å². The van der Waals surface area contributed by atoms with Gasteiger partial charge in [-0.15, -0.1) is 0 Å². The second-order valence-corrected chi connectivity index (χ2v) is 6.15. The van der Waals surface area contributed by atoms with Crippen molar-refractivity contribution in [2.45, 2.75) is 39.3 Å². The molecule has 0 unspecified atom stereocenters. The zero-order chi connectivity index (χ0) is 16.3. The van der Waals surface area contributed by atoms with Crippen LogP contribution in [0, 0.1) is 11.8 Å². The predicted octanol–water partition coefficient (Wildman–Crippen LogP) is 2.23. The number of carbonyl (C=O) groups is 2. The number of rotatable bonds is 5. The monoisotopic (exact) mass is 305 g/mol. The molecule has 5 nitrogen and oxygen atoms in total. The van der Waals surface area contributed by atoms with Crippen molar-refractivity contribution in [2.75, 3.05) is 6.61 Å². The fourth-order valence-electron chi connectivity index (χ4n) is 2.71. The highest BCUT2D eigenvalue weighted by Gasteiger charge is 2.41. The van der Waals surface area contributed by atoms with Gasteiger partial charge in [-0.2, -0.15) is 0 Å². The fourth-order valence-corrected chi connectivity index (χ4v) is 2.71. The molecule has 0 bridgehead atoms. The average Bonchev–Trinajstić information content (AvgIpc) is 2.86. The van der Waals surface area contributed by atoms with Gasteiger partial charge in [-0.25, -0.2) is 9.69 Å². The van der Waals surface area contributed by atoms with E-state index in [0.29, 0.717) is 6.42 Å². The summed E-state index contributed by atoms with van der Waals surface area (Å²) < 4.78 is 5.05. The lowest BCUT2D eigenvalue weighted by atomic mass is 9.93. The summed E-state index contributed by atoms with van der Waals surface area (Å²) in [5, 5.41) is 10.1. The van der Waals surface area contributed by atoms with E-state index >= 15 is 0 Å². The van der Waals surface area contributed by atoms with E-state index in [1.807, 2.05) is 44.2 Å². The van der Waals surface area contributed by atoms with Gasteiger partial charge < -0.3 is 9.84 Å². The molecule has 22 heavy (non-hydrogen) atoms. The SMILES string of the molecule is CC(C)[C@H](O)[C@@H](C)C(=O)N1C(=O)OC[C@H]1Cc1ccccc1. The molecule has 5 heteroatoms. The lowest BCUT2D eigenvalue weighted by molar-refractivity contribution is -0.137. The van der Waals surface area contributed by atoms with Crippen LogP contribution >= 0.6 is 0 Å². The molecule has 0 aliphatic carbocycles. The van der Waals surface area contributed by atoms with Crippen LogP contribution in [0.3, 0.4) is 0 Å². The van der Waals surface area contributed by atoms with Crippen LogP contribution in [0.15, 0.2) is 30.3 Å². The summed E-state index contributed by atoms with van der Waals surface area (Å²) >= 11 is 0. The molecule has 2 rings (SSSR count). The van der Waals surface area contributed by atoms with Crippen molar-refractivity contribution in [3.63, 3.8) is 0 Å². The zero-order valence-corrected chi connectivity index (χ0v) is 13.2. The van der Waals surface area contributed by atoms with Crippen LogP contribution in [0.25, 0.3) is 0 Å². The molecule has 1 aliphatic rings. The Labute approximate surface area is 130 Å². The van der Waals surface area contributed by atoms with Gasteiger partial charge in [-0.3, -0.25) is 4.79 Å². The number of amides is 2. The Hall–Kier alpha value is -1.88. The molecule has 3 atom stereocenters. The third-order valence-electron chi connectivity index (χ3n) is 4.10. The van der Waals surface area contributed by atoms with Crippen molar-refractivity contribution in [3.8, 4) is 0 Å². The molecule has 1 aromatic rings. The molecule has 1 aliphatic heterocycles. The summed E-state index contributed by atoms with van der Waals surface area (Å²) in [5.74, 6) is -1.06. The molecule has 120 valence electrons. The number of hydrogen-bond acceptors (Lipinski definition) is 4. The normalized spacial score (nSPS) is 20.9. The Kier molecular flexibility index (Phi) is 5.19. The van der Waals surface area contributed by atoms with Crippen molar-refractivity contribution in [3.05, 3.63) is 35.9 Å². The van der Waals surface area contributed by atoms with Crippen LogP contribution in [-0.4, -0.2) is 40.8 Å². The van der Waals surface area contributed by atoms with Crippen LogP contribution in [0.1, 0.15) is 26.3 Å². The van der Waals surface area contributed by atoms with E-state index in [-0.39, 0.29) is 24.5 Å². The summed E-state index contributed by atoms with van der Waals surface area (Å²) in [6, 6.07) is 9.36. The Balaban J connectivity index is 2.12. The van der Waals surface area contributed by atoms with Gasteiger partial charge in [-0.05, 0) is 17.9 Å². The lowest BCUT2D eigenvalue weighted by Crippen LogP contribution is -2.46. The Morgan fingerprint density at radius 2 is 1.95 bits per heavy atom. The molecule has 0 radical (unpaired) electrons. The first-order chi connectivity index (χ1) is 10.4. The maximum Gasteiger partial charge on any atom is 0.416 e. The molecule has 0 spiro atoms. The molecule has 1 saturated heterocycles. The Morgan fingerprint density at radius 3 is 2.55 bits per heavy atom. The standard InChI is InChI=1S/C17H23NO4/c1-11(2)15(19)12(3)16(20)18-14(10-22-17(18)21)9-13-7-5-4-6-8-13/h4-8,11-12,14-15,19H,9-10H2,1-3H3/t12-,14-,15+/m1/s1. The maximum absolute atomic E-state index is 12.6. The average molecular weight is 305 g/mol. The van der Waals surface area contributed by atoms with Gasteiger partial charge in [0.15, 0.2) is 0 Å². The number of hydrogen-bond donors (Lipinski definition) is 1. The predicted molar refractivity (Wildman–Crippen MR) is 82.1 cm³/mol. The van der Waals surface area contributed by atoms with Gasteiger partial charge >= 0.3 is 6.09 Å². The molecule has 1 N–H and O–H groups in total. The van der Waals surface area contributed by atoms with Gasteiger partial charge in [0.2, 0.25) is 5.91 Å². The quantitative estimate of drug-likeness (QED) is 0.906. The topological polar surface area (TPSA) is 66.8 Å². The number of benzene rings is 1. The minimum Gasteiger partial charge on any atom is -0.447 e. The van der Waals surface area contributed by atoms with Crippen molar-refractivity contribution in [2.24, 2.45) is 11.8 Å². The van der Waals surface area contributed by atoms with Crippen molar-refractivity contribution < 1.29 is 19.4 Å². The number of imide groups is 1. The number of cyclic esters (lactones) is 1. The summed E-state index contributed by atoms with van der Waals surface area (Å²) in [5.41, 5.74) is 1.04. The third kappa shape index (κ3) is 3.47. The third-order valence-corrected chi connectivity index (χ3v) is 4.10. The summed E-state index contributed by atoms with van der Waals surface area (Å²) in [7, 11) is 0. The first-order valence-corrected chi connectivity index (χ1v) is 7.63. The molecular weight excluding hydrogens is 282 g/mol. The zero-order valence-electron chi connectivity index (χ0n) is 13.2. The molecular formula is C17H23NO4. The molecule has 1 aromatic carbocycles. The van der Waals surface area contributed by atoms with E-state index in [2.05, 4.69) is 0 Å². The van der Waals surface area contributed by atoms with Gasteiger partial charge in [0.25, 0.3) is 0 Å². The highest BCUT2D eigenvalue weighted by Crippen LogP contribution is 2.23. The Bertz CT molecular complexity index is 529. The van der Waals surface area contributed by atoms with Crippen LogP contribution in [0.2, 0.25) is 0 Å². The van der Waals surface area contributed by atoms with E-state index in [1.165, 1.54) is 4.90 Å². The van der Waals surface area contributed by atoms with Gasteiger partial charge in [0, 0.05) is 0 Å². The fraction of sp³-hybridized carbons (Fsp3) is 0.529. The van der Waals surface area contributed by atoms with Gasteiger partial charge in [-0.1, -0.05) is 51.1 Å². The minimum absolute atomic E-state index is 0.0508. The largest absolute Gasteiger partial charge is 0.447 e. The molecule has 0 saturated carbocycles. The highest BCUT2D eigenvalue weighted by molar-refractivity contribution is 5.95. The summed E-state index contributed by atoms with van der Waals surface area (Å²) in [6.45, 7) is 5.54. The number of aliphatic hydroxyl groups is 1. The molecule has 1 heterocycles. The van der Waals surface area contributed by atoms with Crippen LogP contribution < -0.4 is 0 Å². The molecule has 2 amide bonds. The van der Waals surface area contributed by atoms with Gasteiger partial charge in [0.1, 0.15) is 6.61 Å². The summed E-state index contributed by atoms with van der Waals surface area (Å²) in [6.07, 6.45) is -0.838. The lowest BCUT2D eigenvalue weighted by Gasteiger charge is -2.27. The molecule has 0 aromatic heterocycles. The van der Waals surface area contributed by atoms with Crippen molar-refractivity contribution in [1.29, 1.82) is 0 Å². The van der Waals surface area contributed by atoms with E-state index in [4.69, 9.17) is 4.74 Å². The van der Waals surface area contributed by atoms with E-state index in [1.54, 1.807) is 6.92 Å². The highest BCUT2D eigenvalue weighted by atomic mass is 16.6. The second-order valence-electron chi connectivity index (χ2n) is 6.15. The van der Waals surface area contributed by atoms with Gasteiger partial charge in [0.05, 0.1) is 18.1 Å². The number of nitrogens with zero attached hydrogens (tertiary/aromatic N) is 1. The first kappa shape index (κ1) is 16.5. The van der Waals surface area contributed by atoms with Crippen molar-refractivity contribution in [1.82, 2.24) is 4.90 Å². The number of carbonyl (C=O) groups excluding carboxylic acids is 2. The Morgan fingerprint density at radius 1 is 1.32 bits per heavy atom. The molecule has 1 fully saturated rings. The summed E-state index contributed by atoms with van der Waals surface area (Å²) in [4.78, 5) is 25.7. The van der Waals surface area contributed by atoms with E-state index in [0.717, 1.165) is 5.56 Å². The second kappa shape index (κ2) is 6.92. The van der Waals surface area contributed by atoms with Crippen LogP contribution in [0.5, 0.6) is 0 Å². The number of aliphatic hydroxyl groups excluding tert-OH is 1.